The van der Waals surface area contributed by atoms with Crippen molar-refractivity contribution in [2.24, 2.45) is 40.4 Å². The van der Waals surface area contributed by atoms with E-state index >= 15 is 0 Å². The van der Waals surface area contributed by atoms with Crippen LogP contribution >= 0.6 is 0 Å². The molecular weight excluding hydrogens is 300 g/mol. The first-order valence-electron chi connectivity index (χ1n) is 9.82. The van der Waals surface area contributed by atoms with Crippen molar-refractivity contribution >= 4 is 17.3 Å². The number of Topliss-reactive ketones (excluding diaryl/α,β-unsaturated/α-hetero) is 3. The van der Waals surface area contributed by atoms with E-state index < -0.39 is 0 Å². The summed E-state index contributed by atoms with van der Waals surface area (Å²) in [5.41, 5.74) is 0.116. The summed E-state index contributed by atoms with van der Waals surface area (Å²) in [6.45, 7) is 6.36. The third-order valence-electron chi connectivity index (χ3n) is 8.77. The number of hydrogen-bond donors (Lipinski definition) is 0. The average Bonchev–Trinajstić information content (AvgIpc) is 2.87. The Morgan fingerprint density at radius 1 is 0.958 bits per heavy atom. The maximum atomic E-state index is 12.9. The van der Waals surface area contributed by atoms with E-state index in [1.807, 2.05) is 0 Å². The van der Waals surface area contributed by atoms with Gasteiger partial charge in [-0.25, -0.2) is 0 Å². The van der Waals surface area contributed by atoms with Crippen LogP contribution in [-0.2, 0) is 14.4 Å². The monoisotopic (exact) mass is 330 g/mol. The largest absolute Gasteiger partial charge is 0.300 e. The molecule has 0 aliphatic heterocycles. The van der Waals surface area contributed by atoms with Gasteiger partial charge in [-0.3, -0.25) is 14.4 Å². The van der Waals surface area contributed by atoms with Gasteiger partial charge in [0.1, 0.15) is 17.3 Å². The van der Waals surface area contributed by atoms with E-state index in [1.54, 1.807) is 6.92 Å². The van der Waals surface area contributed by atoms with Crippen LogP contribution in [0.1, 0.15) is 72.1 Å². The zero-order chi connectivity index (χ0) is 17.3. The second-order valence-electron chi connectivity index (χ2n) is 9.63. The Hall–Kier alpha value is -0.990. The normalized spacial score (nSPS) is 50.9. The summed E-state index contributed by atoms with van der Waals surface area (Å²) in [5.74, 6) is 2.64. The van der Waals surface area contributed by atoms with Gasteiger partial charge in [0.15, 0.2) is 0 Å². The van der Waals surface area contributed by atoms with Gasteiger partial charge in [-0.1, -0.05) is 13.8 Å². The van der Waals surface area contributed by atoms with Crippen LogP contribution in [0.15, 0.2) is 0 Å². The third kappa shape index (κ3) is 2.05. The second kappa shape index (κ2) is 5.25. The summed E-state index contributed by atoms with van der Waals surface area (Å²) in [4.78, 5) is 37.0. The lowest BCUT2D eigenvalue weighted by Crippen LogP contribution is -2.56. The van der Waals surface area contributed by atoms with Gasteiger partial charge >= 0.3 is 0 Å². The molecule has 0 N–H and O–H groups in total. The van der Waals surface area contributed by atoms with Crippen LogP contribution in [0.2, 0.25) is 0 Å². The highest BCUT2D eigenvalue weighted by Gasteiger charge is 2.62. The molecule has 4 rings (SSSR count). The molecule has 0 bridgehead atoms. The predicted octanol–water partition coefficient (Wildman–Crippen LogP) is 3.98. The highest BCUT2D eigenvalue weighted by molar-refractivity contribution is 5.91. The molecule has 0 radical (unpaired) electrons. The first-order chi connectivity index (χ1) is 11.3. The molecular formula is C21H30O3. The van der Waals surface area contributed by atoms with Crippen molar-refractivity contribution in [3.63, 3.8) is 0 Å². The fourth-order valence-corrected chi connectivity index (χ4v) is 7.50. The first kappa shape index (κ1) is 16.5. The van der Waals surface area contributed by atoms with Crippen LogP contribution < -0.4 is 0 Å². The molecule has 4 saturated carbocycles. The van der Waals surface area contributed by atoms with Crippen molar-refractivity contribution in [1.82, 2.24) is 0 Å². The Kier molecular flexibility index (Phi) is 3.61. The lowest BCUT2D eigenvalue weighted by molar-refractivity contribution is -0.159. The van der Waals surface area contributed by atoms with Crippen LogP contribution in [0, 0.1) is 40.4 Å². The molecule has 7 atom stereocenters. The molecule has 4 fully saturated rings. The number of carbonyl (C=O) groups is 3. The molecule has 132 valence electrons. The molecule has 4 aliphatic rings. The maximum absolute atomic E-state index is 12.9. The smallest absolute Gasteiger partial charge is 0.137 e. The second-order valence-corrected chi connectivity index (χ2v) is 9.63. The van der Waals surface area contributed by atoms with E-state index in [0.717, 1.165) is 32.1 Å². The van der Waals surface area contributed by atoms with Gasteiger partial charge in [0.05, 0.1) is 0 Å². The van der Waals surface area contributed by atoms with Crippen LogP contribution in [-0.4, -0.2) is 17.3 Å². The van der Waals surface area contributed by atoms with Crippen molar-refractivity contribution in [3.8, 4) is 0 Å². The Balaban J connectivity index is 1.68. The first-order valence-corrected chi connectivity index (χ1v) is 9.82. The fraction of sp³-hybridized carbons (Fsp3) is 0.857. The maximum Gasteiger partial charge on any atom is 0.137 e. The quantitative estimate of drug-likeness (QED) is 0.730. The number of carbonyl (C=O) groups excluding carboxylic acids is 3. The lowest BCUT2D eigenvalue weighted by Gasteiger charge is -2.59. The summed E-state index contributed by atoms with van der Waals surface area (Å²) in [6, 6.07) is 0. The van der Waals surface area contributed by atoms with E-state index in [1.165, 1.54) is 0 Å². The summed E-state index contributed by atoms with van der Waals surface area (Å²) in [6.07, 6.45) is 7.05. The molecule has 0 aromatic carbocycles. The Labute approximate surface area is 144 Å². The number of rotatable bonds is 1. The SMILES string of the molecule is CC(=O)[C@H]1CC[C@H]2[C@@H]3CC(=O)[C@@H]4CC(=O)CC[C@@]4(C)[C@H]3CC[C@@]12C. The van der Waals surface area contributed by atoms with Gasteiger partial charge in [0.25, 0.3) is 0 Å². The molecule has 0 saturated heterocycles. The van der Waals surface area contributed by atoms with Crippen molar-refractivity contribution < 1.29 is 14.4 Å². The van der Waals surface area contributed by atoms with Crippen LogP contribution in [0.3, 0.4) is 0 Å². The third-order valence-corrected chi connectivity index (χ3v) is 8.77. The molecule has 0 heterocycles. The van der Waals surface area contributed by atoms with Crippen LogP contribution in [0.4, 0.5) is 0 Å². The Morgan fingerprint density at radius 2 is 1.67 bits per heavy atom. The predicted molar refractivity (Wildman–Crippen MR) is 91.3 cm³/mol. The highest BCUT2D eigenvalue weighted by Crippen LogP contribution is 2.66. The van der Waals surface area contributed by atoms with Gasteiger partial charge in [-0.05, 0) is 67.6 Å². The summed E-state index contributed by atoms with van der Waals surface area (Å²) in [5, 5.41) is 0. The van der Waals surface area contributed by atoms with E-state index in [-0.39, 0.29) is 28.4 Å². The van der Waals surface area contributed by atoms with Crippen LogP contribution in [0.5, 0.6) is 0 Å². The molecule has 3 nitrogen and oxygen atoms in total. The molecule has 0 spiro atoms. The summed E-state index contributed by atoms with van der Waals surface area (Å²) < 4.78 is 0. The molecule has 0 amide bonds. The summed E-state index contributed by atoms with van der Waals surface area (Å²) in [7, 11) is 0. The molecule has 3 heteroatoms. The number of ketones is 3. The minimum atomic E-state index is -0.0330. The minimum Gasteiger partial charge on any atom is -0.300 e. The summed E-state index contributed by atoms with van der Waals surface area (Å²) >= 11 is 0. The molecule has 0 aromatic rings. The average molecular weight is 330 g/mol. The lowest BCUT2D eigenvalue weighted by atomic mass is 9.44. The minimum absolute atomic E-state index is 0.0174. The fourth-order valence-electron chi connectivity index (χ4n) is 7.50. The van der Waals surface area contributed by atoms with Gasteiger partial charge in [0, 0.05) is 31.1 Å². The zero-order valence-corrected chi connectivity index (χ0v) is 15.3. The van der Waals surface area contributed by atoms with Crippen molar-refractivity contribution in [2.45, 2.75) is 72.1 Å². The number of fused-ring (bicyclic) bond motifs is 5. The van der Waals surface area contributed by atoms with Gasteiger partial charge < -0.3 is 0 Å². The van der Waals surface area contributed by atoms with Gasteiger partial charge in [0.2, 0.25) is 0 Å². The number of hydrogen-bond acceptors (Lipinski definition) is 3. The van der Waals surface area contributed by atoms with E-state index in [2.05, 4.69) is 13.8 Å². The van der Waals surface area contributed by atoms with Gasteiger partial charge in [-0.15, -0.1) is 0 Å². The molecule has 24 heavy (non-hydrogen) atoms. The molecule has 4 aliphatic carbocycles. The standard InChI is InChI=1S/C21H30O3/c1-12(22)15-4-5-16-14-11-19(24)18-10-13(23)6-8-21(18,3)17(14)7-9-20(15,16)2/h14-18H,4-11H2,1-3H3/t14-,15+,16-,17-,18-,20-,21-/m0/s1. The van der Waals surface area contributed by atoms with Crippen molar-refractivity contribution in [3.05, 3.63) is 0 Å². The van der Waals surface area contributed by atoms with E-state index in [0.29, 0.717) is 48.6 Å². The molecule has 0 unspecified atom stereocenters. The van der Waals surface area contributed by atoms with Crippen molar-refractivity contribution in [2.75, 3.05) is 0 Å². The van der Waals surface area contributed by atoms with E-state index in [9.17, 15) is 14.4 Å². The Morgan fingerprint density at radius 3 is 2.38 bits per heavy atom. The van der Waals surface area contributed by atoms with Gasteiger partial charge in [-0.2, -0.15) is 0 Å². The highest BCUT2D eigenvalue weighted by atomic mass is 16.1. The topological polar surface area (TPSA) is 51.2 Å². The Bertz CT molecular complexity index is 608. The van der Waals surface area contributed by atoms with E-state index in [4.69, 9.17) is 0 Å². The molecule has 0 aromatic heterocycles. The van der Waals surface area contributed by atoms with Crippen LogP contribution in [0.25, 0.3) is 0 Å². The zero-order valence-electron chi connectivity index (χ0n) is 15.3. The van der Waals surface area contributed by atoms with Crippen molar-refractivity contribution in [1.29, 1.82) is 0 Å².